The van der Waals surface area contributed by atoms with Crippen molar-refractivity contribution >= 4 is 10.0 Å². The molecule has 1 saturated heterocycles. The van der Waals surface area contributed by atoms with Crippen molar-refractivity contribution in [2.45, 2.75) is 38.9 Å². The van der Waals surface area contributed by atoms with Crippen molar-refractivity contribution in [1.82, 2.24) is 10.0 Å². The number of rotatable bonds is 7. The maximum atomic E-state index is 12.0. The highest BCUT2D eigenvalue weighted by molar-refractivity contribution is 7.90. The van der Waals surface area contributed by atoms with Crippen molar-refractivity contribution < 1.29 is 13.2 Å². The number of nitrogens with one attached hydrogen (secondary N) is 2. The molecule has 0 aromatic heterocycles. The molecule has 108 valence electrons. The van der Waals surface area contributed by atoms with Crippen LogP contribution in [0.15, 0.2) is 0 Å². The molecule has 18 heavy (non-hydrogen) atoms. The summed E-state index contributed by atoms with van der Waals surface area (Å²) >= 11 is 0. The zero-order valence-electron chi connectivity index (χ0n) is 11.7. The third-order valence-corrected chi connectivity index (χ3v) is 5.38. The van der Waals surface area contributed by atoms with E-state index in [1.807, 2.05) is 6.92 Å². The molecule has 0 radical (unpaired) electrons. The summed E-state index contributed by atoms with van der Waals surface area (Å²) in [6.45, 7) is 9.06. The van der Waals surface area contributed by atoms with Crippen LogP contribution in [0.3, 0.4) is 0 Å². The second-order valence-corrected chi connectivity index (χ2v) is 7.59. The highest BCUT2D eigenvalue weighted by atomic mass is 32.2. The first-order valence-electron chi connectivity index (χ1n) is 6.66. The Bertz CT molecular complexity index is 337. The van der Waals surface area contributed by atoms with E-state index >= 15 is 0 Å². The van der Waals surface area contributed by atoms with E-state index in [9.17, 15) is 8.42 Å². The Morgan fingerprint density at radius 1 is 1.33 bits per heavy atom. The molecule has 0 aromatic rings. The fourth-order valence-electron chi connectivity index (χ4n) is 1.92. The third kappa shape index (κ3) is 4.84. The summed E-state index contributed by atoms with van der Waals surface area (Å²) < 4.78 is 32.1. The molecule has 1 rings (SSSR count). The quantitative estimate of drug-likeness (QED) is 0.720. The van der Waals surface area contributed by atoms with E-state index in [1.54, 1.807) is 6.92 Å². The van der Waals surface area contributed by atoms with Crippen LogP contribution in [0, 0.1) is 5.41 Å². The third-order valence-electron chi connectivity index (χ3n) is 3.61. The summed E-state index contributed by atoms with van der Waals surface area (Å²) in [5.74, 6) is 0. The maximum absolute atomic E-state index is 12.0. The van der Waals surface area contributed by atoms with Gasteiger partial charge in [0.25, 0.3) is 0 Å². The molecule has 0 spiro atoms. The van der Waals surface area contributed by atoms with Gasteiger partial charge in [-0.25, -0.2) is 13.1 Å². The molecule has 0 aromatic carbocycles. The molecule has 1 aliphatic heterocycles. The van der Waals surface area contributed by atoms with Crippen LogP contribution in [0.25, 0.3) is 0 Å². The standard InChI is InChI=1S/C12H26N2O3S/c1-4-13-9-11(2)18(15,16)14-10-12(3)5-7-17-8-6-12/h11,13-14H,4-10H2,1-3H3. The van der Waals surface area contributed by atoms with E-state index in [0.29, 0.717) is 13.1 Å². The number of hydrogen-bond acceptors (Lipinski definition) is 4. The second-order valence-electron chi connectivity index (χ2n) is 5.41. The predicted octanol–water partition coefficient (Wildman–Crippen LogP) is 0.721. The summed E-state index contributed by atoms with van der Waals surface area (Å²) in [7, 11) is -3.22. The van der Waals surface area contributed by atoms with E-state index in [0.717, 1.165) is 32.6 Å². The van der Waals surface area contributed by atoms with Gasteiger partial charge in [-0.15, -0.1) is 0 Å². The van der Waals surface area contributed by atoms with Crippen molar-refractivity contribution in [2.75, 3.05) is 32.8 Å². The molecule has 6 heteroatoms. The molecule has 1 atom stereocenters. The molecule has 0 saturated carbocycles. The molecule has 0 amide bonds. The number of hydrogen-bond donors (Lipinski definition) is 2. The normalized spacial score (nSPS) is 21.7. The molecule has 2 N–H and O–H groups in total. The van der Waals surface area contributed by atoms with Crippen molar-refractivity contribution in [1.29, 1.82) is 0 Å². The van der Waals surface area contributed by atoms with Gasteiger partial charge in [-0.3, -0.25) is 0 Å². The summed E-state index contributed by atoms with van der Waals surface area (Å²) in [4.78, 5) is 0. The Kier molecular flexibility index (Phi) is 6.04. The van der Waals surface area contributed by atoms with Gasteiger partial charge in [0.05, 0.1) is 5.25 Å². The van der Waals surface area contributed by atoms with Crippen molar-refractivity contribution in [3.63, 3.8) is 0 Å². The zero-order chi connectivity index (χ0) is 13.6. The second kappa shape index (κ2) is 6.84. The van der Waals surface area contributed by atoms with Crippen molar-refractivity contribution in [2.24, 2.45) is 5.41 Å². The lowest BCUT2D eigenvalue weighted by Gasteiger charge is -2.33. The molecule has 1 unspecified atom stereocenters. The van der Waals surface area contributed by atoms with E-state index in [-0.39, 0.29) is 5.41 Å². The van der Waals surface area contributed by atoms with Crippen molar-refractivity contribution in [3.8, 4) is 0 Å². The first-order valence-corrected chi connectivity index (χ1v) is 8.21. The Morgan fingerprint density at radius 3 is 2.50 bits per heavy atom. The van der Waals surface area contributed by atoms with Crippen LogP contribution >= 0.6 is 0 Å². The molecule has 1 fully saturated rings. The summed E-state index contributed by atoms with van der Waals surface area (Å²) in [5.41, 5.74) is 0.0310. The van der Waals surface area contributed by atoms with Crippen LogP contribution in [0.2, 0.25) is 0 Å². The fourth-order valence-corrected chi connectivity index (χ4v) is 3.09. The van der Waals surface area contributed by atoms with Gasteiger partial charge in [-0.05, 0) is 31.7 Å². The summed E-state index contributed by atoms with van der Waals surface area (Å²) in [6, 6.07) is 0. The van der Waals surface area contributed by atoms with E-state index in [4.69, 9.17) is 4.74 Å². The Hall–Kier alpha value is -0.170. The van der Waals surface area contributed by atoms with Gasteiger partial charge >= 0.3 is 0 Å². The van der Waals surface area contributed by atoms with Crippen molar-refractivity contribution in [3.05, 3.63) is 0 Å². The lowest BCUT2D eigenvalue weighted by atomic mass is 9.83. The van der Waals surface area contributed by atoms with Gasteiger partial charge in [0, 0.05) is 26.3 Å². The van der Waals surface area contributed by atoms with E-state index in [2.05, 4.69) is 17.0 Å². The minimum absolute atomic E-state index is 0.0310. The molecular weight excluding hydrogens is 252 g/mol. The van der Waals surface area contributed by atoms with Gasteiger partial charge < -0.3 is 10.1 Å². The van der Waals surface area contributed by atoms with Crippen LogP contribution in [0.1, 0.15) is 33.6 Å². The number of ether oxygens (including phenoxy) is 1. The Balaban J connectivity index is 2.45. The maximum Gasteiger partial charge on any atom is 0.215 e. The van der Waals surface area contributed by atoms with E-state index in [1.165, 1.54) is 0 Å². The van der Waals surface area contributed by atoms with Gasteiger partial charge in [0.2, 0.25) is 10.0 Å². The first-order chi connectivity index (χ1) is 8.40. The van der Waals surface area contributed by atoms with Crippen LogP contribution in [-0.2, 0) is 14.8 Å². The minimum Gasteiger partial charge on any atom is -0.381 e. The van der Waals surface area contributed by atoms with Crippen LogP contribution in [0.4, 0.5) is 0 Å². The first kappa shape index (κ1) is 15.9. The largest absolute Gasteiger partial charge is 0.381 e. The molecule has 0 aliphatic carbocycles. The van der Waals surface area contributed by atoms with E-state index < -0.39 is 15.3 Å². The molecule has 5 nitrogen and oxygen atoms in total. The fraction of sp³-hybridized carbons (Fsp3) is 1.00. The van der Waals surface area contributed by atoms with Crippen LogP contribution < -0.4 is 10.0 Å². The minimum atomic E-state index is -3.22. The summed E-state index contributed by atoms with van der Waals surface area (Å²) in [5, 5.41) is 2.66. The predicted molar refractivity (Wildman–Crippen MR) is 73.1 cm³/mol. The average Bonchev–Trinajstić information content (AvgIpc) is 2.35. The van der Waals surface area contributed by atoms with Gasteiger partial charge in [0.1, 0.15) is 0 Å². The monoisotopic (exact) mass is 278 g/mol. The highest BCUT2D eigenvalue weighted by Crippen LogP contribution is 2.28. The Labute approximate surface area is 111 Å². The molecule has 0 bridgehead atoms. The topological polar surface area (TPSA) is 67.4 Å². The Morgan fingerprint density at radius 2 is 1.94 bits per heavy atom. The van der Waals surface area contributed by atoms with Gasteiger partial charge in [-0.1, -0.05) is 13.8 Å². The molecule has 1 aliphatic rings. The zero-order valence-corrected chi connectivity index (χ0v) is 12.5. The van der Waals surface area contributed by atoms with Gasteiger partial charge in [-0.2, -0.15) is 0 Å². The number of sulfonamides is 1. The smallest absolute Gasteiger partial charge is 0.215 e. The average molecular weight is 278 g/mol. The lowest BCUT2D eigenvalue weighted by Crippen LogP contribution is -2.44. The van der Waals surface area contributed by atoms with Gasteiger partial charge in [0.15, 0.2) is 0 Å². The highest BCUT2D eigenvalue weighted by Gasteiger charge is 2.30. The lowest BCUT2D eigenvalue weighted by molar-refractivity contribution is 0.0264. The molecular formula is C12H26N2O3S. The van der Waals surface area contributed by atoms with Crippen LogP contribution in [0.5, 0.6) is 0 Å². The van der Waals surface area contributed by atoms with Crippen LogP contribution in [-0.4, -0.2) is 46.5 Å². The molecule has 1 heterocycles. The SMILES string of the molecule is CCNCC(C)S(=O)(=O)NCC1(C)CCOCC1. The summed E-state index contributed by atoms with van der Waals surface area (Å²) in [6.07, 6.45) is 1.83.